The zero-order chi connectivity index (χ0) is 18.0. The highest BCUT2D eigenvalue weighted by molar-refractivity contribution is 5.81. The van der Waals surface area contributed by atoms with Crippen LogP contribution in [0.1, 0.15) is 45.2 Å². The van der Waals surface area contributed by atoms with Gasteiger partial charge in [0.1, 0.15) is 5.82 Å². The molecule has 0 saturated carbocycles. The lowest BCUT2D eigenvalue weighted by atomic mass is 9.90. The topological polar surface area (TPSA) is 46.1 Å². The van der Waals surface area contributed by atoms with Crippen molar-refractivity contribution in [2.75, 3.05) is 13.1 Å². The van der Waals surface area contributed by atoms with E-state index >= 15 is 0 Å². The first kappa shape index (κ1) is 17.5. The number of hydrogen-bond acceptors (Lipinski definition) is 3. The molecule has 0 spiro atoms. The maximum Gasteiger partial charge on any atom is 0.227 e. The Kier molecular flexibility index (Phi) is 4.84. The van der Waals surface area contributed by atoms with Crippen molar-refractivity contribution in [3.63, 3.8) is 0 Å². The number of rotatable bonds is 2. The summed E-state index contributed by atoms with van der Waals surface area (Å²) in [5.74, 6) is 0.592. The Morgan fingerprint density at radius 1 is 1.28 bits per heavy atom. The van der Waals surface area contributed by atoms with Crippen molar-refractivity contribution >= 4 is 5.91 Å². The number of carbonyl (C=O) groups excluding carboxylic acids is 1. The first-order valence-corrected chi connectivity index (χ1v) is 8.73. The summed E-state index contributed by atoms with van der Waals surface area (Å²) in [4.78, 5) is 23.4. The van der Waals surface area contributed by atoms with E-state index in [1.807, 2.05) is 31.7 Å². The van der Waals surface area contributed by atoms with Gasteiger partial charge in [0, 0.05) is 41.9 Å². The Bertz CT molecular complexity index is 770. The smallest absolute Gasteiger partial charge is 0.227 e. The molecule has 1 aliphatic heterocycles. The van der Waals surface area contributed by atoms with E-state index < -0.39 is 0 Å². The molecule has 0 unspecified atom stereocenters. The first-order valence-electron chi connectivity index (χ1n) is 8.73. The van der Waals surface area contributed by atoms with Gasteiger partial charge in [0.15, 0.2) is 5.82 Å². The van der Waals surface area contributed by atoms with E-state index in [-0.39, 0.29) is 23.1 Å². The van der Waals surface area contributed by atoms with E-state index in [0.29, 0.717) is 17.9 Å². The van der Waals surface area contributed by atoms with E-state index in [1.54, 1.807) is 18.3 Å². The standard InChI is InChI=1S/C20H24FN3O/c1-20(2,3)19(25)24-11-5-7-15(13-24)17-9-10-22-18(23-17)14-6-4-8-16(21)12-14/h4,6,8-10,12,15H,5,7,11,13H2,1-3H3/t15-/m1/s1. The van der Waals surface area contributed by atoms with Crippen molar-refractivity contribution in [3.05, 3.63) is 48.0 Å². The Morgan fingerprint density at radius 3 is 2.80 bits per heavy atom. The summed E-state index contributed by atoms with van der Waals surface area (Å²) in [7, 11) is 0. The van der Waals surface area contributed by atoms with E-state index in [9.17, 15) is 9.18 Å². The van der Waals surface area contributed by atoms with Gasteiger partial charge in [-0.2, -0.15) is 0 Å². The van der Waals surface area contributed by atoms with Gasteiger partial charge in [0.05, 0.1) is 0 Å². The second kappa shape index (κ2) is 6.90. The molecule has 2 aromatic rings. The molecule has 0 radical (unpaired) electrons. The van der Waals surface area contributed by atoms with Gasteiger partial charge in [0.2, 0.25) is 5.91 Å². The van der Waals surface area contributed by atoms with Crippen molar-refractivity contribution < 1.29 is 9.18 Å². The molecule has 1 fully saturated rings. The molecule has 1 saturated heterocycles. The van der Waals surface area contributed by atoms with Crippen molar-refractivity contribution in [1.82, 2.24) is 14.9 Å². The maximum atomic E-state index is 13.5. The molecule has 1 aromatic heterocycles. The van der Waals surface area contributed by atoms with Gasteiger partial charge in [0.25, 0.3) is 0 Å². The normalized spacial score (nSPS) is 18.2. The third kappa shape index (κ3) is 4.03. The highest BCUT2D eigenvalue weighted by atomic mass is 19.1. The summed E-state index contributed by atoms with van der Waals surface area (Å²) in [6.45, 7) is 7.33. The maximum absolute atomic E-state index is 13.5. The molecule has 4 nitrogen and oxygen atoms in total. The molecule has 0 bridgehead atoms. The van der Waals surface area contributed by atoms with Crippen LogP contribution in [0.25, 0.3) is 11.4 Å². The number of aromatic nitrogens is 2. The van der Waals surface area contributed by atoms with Gasteiger partial charge in [-0.1, -0.05) is 32.9 Å². The molecule has 1 atom stereocenters. The molecule has 5 heteroatoms. The fourth-order valence-corrected chi connectivity index (χ4v) is 3.24. The zero-order valence-electron chi connectivity index (χ0n) is 15.0. The van der Waals surface area contributed by atoms with E-state index in [2.05, 4.69) is 9.97 Å². The van der Waals surface area contributed by atoms with Gasteiger partial charge >= 0.3 is 0 Å². The molecule has 0 N–H and O–H groups in total. The van der Waals surface area contributed by atoms with Gasteiger partial charge < -0.3 is 4.90 Å². The number of nitrogens with zero attached hydrogens (tertiary/aromatic N) is 3. The molecule has 2 heterocycles. The molecular formula is C20H24FN3O. The largest absolute Gasteiger partial charge is 0.342 e. The molecule has 0 aliphatic carbocycles. The molecule has 1 amide bonds. The predicted molar refractivity (Wildman–Crippen MR) is 95.4 cm³/mol. The average Bonchev–Trinajstić information content (AvgIpc) is 2.60. The summed E-state index contributed by atoms with van der Waals surface area (Å²) in [6, 6.07) is 8.21. The van der Waals surface area contributed by atoms with E-state index in [1.165, 1.54) is 12.1 Å². The third-order valence-electron chi connectivity index (χ3n) is 4.53. The average molecular weight is 341 g/mol. The van der Waals surface area contributed by atoms with Crippen LogP contribution in [0.3, 0.4) is 0 Å². The van der Waals surface area contributed by atoms with Crippen LogP contribution in [0.4, 0.5) is 4.39 Å². The molecule has 132 valence electrons. The van der Waals surface area contributed by atoms with Crippen LogP contribution in [-0.2, 0) is 4.79 Å². The van der Waals surface area contributed by atoms with Crippen molar-refractivity contribution in [2.24, 2.45) is 5.41 Å². The van der Waals surface area contributed by atoms with Crippen LogP contribution in [0.5, 0.6) is 0 Å². The van der Waals surface area contributed by atoms with Gasteiger partial charge in [-0.15, -0.1) is 0 Å². The fourth-order valence-electron chi connectivity index (χ4n) is 3.24. The fraction of sp³-hybridized carbons (Fsp3) is 0.450. The Hall–Kier alpha value is -2.30. The second-order valence-corrected chi connectivity index (χ2v) is 7.66. The first-order chi connectivity index (χ1) is 11.8. The highest BCUT2D eigenvalue weighted by Gasteiger charge is 2.32. The summed E-state index contributed by atoms with van der Waals surface area (Å²) in [6.07, 6.45) is 3.67. The number of piperidine rings is 1. The molecule has 1 aliphatic rings. The van der Waals surface area contributed by atoms with Crippen LogP contribution >= 0.6 is 0 Å². The van der Waals surface area contributed by atoms with Gasteiger partial charge in [-0.25, -0.2) is 14.4 Å². The molecule has 3 rings (SSSR count). The minimum Gasteiger partial charge on any atom is -0.342 e. The van der Waals surface area contributed by atoms with Crippen LogP contribution in [-0.4, -0.2) is 33.9 Å². The number of amides is 1. The minimum absolute atomic E-state index is 0.177. The summed E-state index contributed by atoms with van der Waals surface area (Å²) >= 11 is 0. The van der Waals surface area contributed by atoms with Crippen LogP contribution in [0.2, 0.25) is 0 Å². The highest BCUT2D eigenvalue weighted by Crippen LogP contribution is 2.29. The van der Waals surface area contributed by atoms with Crippen molar-refractivity contribution in [1.29, 1.82) is 0 Å². The Labute approximate surface area is 148 Å². The monoisotopic (exact) mass is 341 g/mol. The second-order valence-electron chi connectivity index (χ2n) is 7.66. The minimum atomic E-state index is -0.375. The Balaban J connectivity index is 1.82. The lowest BCUT2D eigenvalue weighted by Crippen LogP contribution is -2.44. The SMILES string of the molecule is CC(C)(C)C(=O)N1CCC[C@@H](c2ccnc(-c3cccc(F)c3)n2)C1. The van der Waals surface area contributed by atoms with Crippen LogP contribution < -0.4 is 0 Å². The van der Waals surface area contributed by atoms with E-state index in [0.717, 1.165) is 25.1 Å². The van der Waals surface area contributed by atoms with Crippen LogP contribution in [0, 0.1) is 11.2 Å². The quantitative estimate of drug-likeness (QED) is 0.828. The number of hydrogen-bond donors (Lipinski definition) is 0. The number of benzene rings is 1. The third-order valence-corrected chi connectivity index (χ3v) is 4.53. The van der Waals surface area contributed by atoms with Gasteiger partial charge in [-0.05, 0) is 31.0 Å². The van der Waals surface area contributed by atoms with Crippen molar-refractivity contribution in [3.8, 4) is 11.4 Å². The summed E-state index contributed by atoms with van der Waals surface area (Å²) < 4.78 is 13.5. The number of likely N-dealkylation sites (tertiary alicyclic amines) is 1. The summed E-state index contributed by atoms with van der Waals surface area (Å²) in [5.41, 5.74) is 1.21. The Morgan fingerprint density at radius 2 is 2.08 bits per heavy atom. The summed E-state index contributed by atoms with van der Waals surface area (Å²) in [5, 5.41) is 0. The molecule has 1 aromatic carbocycles. The van der Waals surface area contributed by atoms with Crippen molar-refractivity contribution in [2.45, 2.75) is 39.5 Å². The van der Waals surface area contributed by atoms with Crippen LogP contribution in [0.15, 0.2) is 36.5 Å². The zero-order valence-corrected chi connectivity index (χ0v) is 15.0. The molecule has 25 heavy (non-hydrogen) atoms. The molecular weight excluding hydrogens is 317 g/mol. The number of halogens is 1. The lowest BCUT2D eigenvalue weighted by molar-refractivity contribution is -0.140. The number of carbonyl (C=O) groups is 1. The van der Waals surface area contributed by atoms with E-state index in [4.69, 9.17) is 0 Å². The van der Waals surface area contributed by atoms with Gasteiger partial charge in [-0.3, -0.25) is 4.79 Å². The lowest BCUT2D eigenvalue weighted by Gasteiger charge is -2.36. The predicted octanol–water partition coefficient (Wildman–Crippen LogP) is 4.03.